The van der Waals surface area contributed by atoms with Gasteiger partial charge in [-0.3, -0.25) is 4.98 Å². The molecule has 4 aromatic rings. The molecule has 0 aliphatic heterocycles. The van der Waals surface area contributed by atoms with Gasteiger partial charge in [0, 0.05) is 22.5 Å². The number of benzene rings is 2. The van der Waals surface area contributed by atoms with Gasteiger partial charge in [-0.15, -0.1) is 0 Å². The lowest BCUT2D eigenvalue weighted by molar-refractivity contribution is 0.669. The van der Waals surface area contributed by atoms with Gasteiger partial charge in [0.05, 0.1) is 17.3 Å². The third-order valence-electron chi connectivity index (χ3n) is 3.81. The van der Waals surface area contributed by atoms with Crippen molar-refractivity contribution in [3.63, 3.8) is 0 Å². The van der Waals surface area contributed by atoms with E-state index in [9.17, 15) is 0 Å². The first-order valence-electron chi connectivity index (χ1n) is 7.04. The summed E-state index contributed by atoms with van der Waals surface area (Å²) in [6, 6.07) is 17.8. The molecule has 0 fully saturated rings. The molecule has 4 rings (SSSR count). The van der Waals surface area contributed by atoms with Crippen molar-refractivity contribution in [1.29, 1.82) is 5.26 Å². The van der Waals surface area contributed by atoms with E-state index in [0.717, 1.165) is 38.8 Å². The molecule has 2 aromatic carbocycles. The van der Waals surface area contributed by atoms with Gasteiger partial charge >= 0.3 is 0 Å². The molecule has 3 nitrogen and oxygen atoms in total. The zero-order valence-corrected chi connectivity index (χ0v) is 12.0. The third-order valence-corrected chi connectivity index (χ3v) is 3.81. The maximum absolute atomic E-state index is 9.03. The summed E-state index contributed by atoms with van der Waals surface area (Å²) in [6.45, 7) is 2.02. The van der Waals surface area contributed by atoms with Crippen molar-refractivity contribution in [2.45, 2.75) is 6.92 Å². The van der Waals surface area contributed by atoms with Gasteiger partial charge in [0.1, 0.15) is 11.2 Å². The number of pyridine rings is 1. The van der Waals surface area contributed by atoms with Crippen molar-refractivity contribution < 1.29 is 4.42 Å². The highest BCUT2D eigenvalue weighted by atomic mass is 16.3. The van der Waals surface area contributed by atoms with Crippen LogP contribution in [0.5, 0.6) is 0 Å². The molecule has 2 heterocycles. The van der Waals surface area contributed by atoms with Crippen LogP contribution in [0.2, 0.25) is 0 Å². The first-order chi connectivity index (χ1) is 10.7. The Kier molecular flexibility index (Phi) is 2.70. The number of nitrogens with zero attached hydrogens (tertiary/aromatic N) is 2. The summed E-state index contributed by atoms with van der Waals surface area (Å²) in [4.78, 5) is 4.45. The van der Waals surface area contributed by atoms with Crippen LogP contribution in [0, 0.1) is 18.3 Å². The van der Waals surface area contributed by atoms with E-state index in [4.69, 9.17) is 9.68 Å². The lowest BCUT2D eigenvalue weighted by Crippen LogP contribution is -1.83. The Morgan fingerprint density at radius 2 is 1.86 bits per heavy atom. The van der Waals surface area contributed by atoms with Crippen LogP contribution in [0.1, 0.15) is 11.1 Å². The standard InChI is InChI=1S/C19H12N2O/c1-12-2-6-17(21-11-12)14-4-5-15-16-8-13(10-20)3-7-18(16)22-19(15)9-14/h2-9,11H,1H3. The molecule has 0 atom stereocenters. The number of aromatic nitrogens is 1. The summed E-state index contributed by atoms with van der Waals surface area (Å²) >= 11 is 0. The Hall–Kier alpha value is -3.12. The van der Waals surface area contributed by atoms with Crippen molar-refractivity contribution >= 4 is 21.9 Å². The number of fused-ring (bicyclic) bond motifs is 3. The predicted molar refractivity (Wildman–Crippen MR) is 86.4 cm³/mol. The third kappa shape index (κ3) is 1.94. The van der Waals surface area contributed by atoms with Gasteiger partial charge in [0.15, 0.2) is 0 Å². The summed E-state index contributed by atoms with van der Waals surface area (Å²) in [6.07, 6.45) is 1.86. The molecule has 0 bridgehead atoms. The van der Waals surface area contributed by atoms with Gasteiger partial charge in [-0.25, -0.2) is 0 Å². The van der Waals surface area contributed by atoms with Crippen LogP contribution in [0.25, 0.3) is 33.2 Å². The smallest absolute Gasteiger partial charge is 0.136 e. The minimum atomic E-state index is 0.638. The Balaban J connectivity index is 1.93. The summed E-state index contributed by atoms with van der Waals surface area (Å²) in [5.74, 6) is 0. The number of nitriles is 1. The second-order valence-corrected chi connectivity index (χ2v) is 5.36. The molecule has 0 amide bonds. The van der Waals surface area contributed by atoms with E-state index >= 15 is 0 Å². The van der Waals surface area contributed by atoms with Gasteiger partial charge in [-0.2, -0.15) is 5.26 Å². The van der Waals surface area contributed by atoms with Gasteiger partial charge in [0.2, 0.25) is 0 Å². The Bertz CT molecular complexity index is 1040. The lowest BCUT2D eigenvalue weighted by atomic mass is 10.1. The minimum Gasteiger partial charge on any atom is -0.456 e. The van der Waals surface area contributed by atoms with Crippen molar-refractivity contribution in [3.8, 4) is 17.3 Å². The molecular weight excluding hydrogens is 272 g/mol. The minimum absolute atomic E-state index is 0.638. The fourth-order valence-electron chi connectivity index (χ4n) is 2.64. The number of hydrogen-bond acceptors (Lipinski definition) is 3. The zero-order valence-electron chi connectivity index (χ0n) is 12.0. The van der Waals surface area contributed by atoms with Gasteiger partial charge in [-0.1, -0.05) is 12.1 Å². The number of furan rings is 1. The average molecular weight is 284 g/mol. The first-order valence-corrected chi connectivity index (χ1v) is 7.04. The fraction of sp³-hybridized carbons (Fsp3) is 0.0526. The van der Waals surface area contributed by atoms with Gasteiger partial charge in [0.25, 0.3) is 0 Å². The molecule has 0 spiro atoms. The lowest BCUT2D eigenvalue weighted by Gasteiger charge is -2.01. The molecule has 0 unspecified atom stereocenters. The molecule has 0 aliphatic rings. The van der Waals surface area contributed by atoms with Crippen LogP contribution in [0.4, 0.5) is 0 Å². The average Bonchev–Trinajstić information content (AvgIpc) is 2.92. The molecule has 0 aliphatic carbocycles. The summed E-state index contributed by atoms with van der Waals surface area (Å²) < 4.78 is 5.90. The normalized spacial score (nSPS) is 10.9. The largest absolute Gasteiger partial charge is 0.456 e. The van der Waals surface area contributed by atoms with Crippen molar-refractivity contribution in [1.82, 2.24) is 4.98 Å². The molecule has 0 N–H and O–H groups in total. The molecule has 0 saturated carbocycles. The van der Waals surface area contributed by atoms with Crippen LogP contribution in [-0.2, 0) is 0 Å². The van der Waals surface area contributed by atoms with E-state index < -0.39 is 0 Å². The highest BCUT2D eigenvalue weighted by Crippen LogP contribution is 2.32. The summed E-state index contributed by atoms with van der Waals surface area (Å²) in [7, 11) is 0. The molecular formula is C19H12N2O. The second-order valence-electron chi connectivity index (χ2n) is 5.36. The Morgan fingerprint density at radius 3 is 2.64 bits per heavy atom. The monoisotopic (exact) mass is 284 g/mol. The Labute approximate surface area is 127 Å². The van der Waals surface area contributed by atoms with E-state index in [1.54, 1.807) is 6.07 Å². The van der Waals surface area contributed by atoms with E-state index in [-0.39, 0.29) is 0 Å². The molecule has 2 aromatic heterocycles. The van der Waals surface area contributed by atoms with Crippen molar-refractivity contribution in [2.75, 3.05) is 0 Å². The molecule has 3 heteroatoms. The quantitative estimate of drug-likeness (QED) is 0.503. The van der Waals surface area contributed by atoms with Crippen LogP contribution >= 0.6 is 0 Å². The first kappa shape index (κ1) is 12.6. The fourth-order valence-corrected chi connectivity index (χ4v) is 2.64. The zero-order chi connectivity index (χ0) is 15.1. The topological polar surface area (TPSA) is 49.8 Å². The van der Waals surface area contributed by atoms with Crippen LogP contribution < -0.4 is 0 Å². The van der Waals surface area contributed by atoms with E-state index in [1.807, 2.05) is 55.6 Å². The SMILES string of the molecule is Cc1ccc(-c2ccc3c(c2)oc2ccc(C#N)cc23)nc1. The van der Waals surface area contributed by atoms with Gasteiger partial charge < -0.3 is 4.42 Å². The van der Waals surface area contributed by atoms with E-state index in [0.29, 0.717) is 5.56 Å². The number of aryl methyl sites for hydroxylation is 1. The molecule has 0 saturated heterocycles. The molecule has 104 valence electrons. The maximum atomic E-state index is 9.03. The molecule has 0 radical (unpaired) electrons. The van der Waals surface area contributed by atoms with Crippen LogP contribution in [0.15, 0.2) is 59.1 Å². The summed E-state index contributed by atoms with van der Waals surface area (Å²) in [5.41, 5.74) is 5.32. The van der Waals surface area contributed by atoms with Crippen molar-refractivity contribution in [3.05, 3.63) is 65.9 Å². The highest BCUT2D eigenvalue weighted by Gasteiger charge is 2.09. The van der Waals surface area contributed by atoms with Crippen LogP contribution in [0.3, 0.4) is 0 Å². The molecule has 22 heavy (non-hydrogen) atoms. The van der Waals surface area contributed by atoms with Crippen LogP contribution in [-0.4, -0.2) is 4.98 Å². The maximum Gasteiger partial charge on any atom is 0.136 e. The van der Waals surface area contributed by atoms with E-state index in [2.05, 4.69) is 11.1 Å². The summed E-state index contributed by atoms with van der Waals surface area (Å²) in [5, 5.41) is 11.0. The number of rotatable bonds is 1. The Morgan fingerprint density at radius 1 is 0.955 bits per heavy atom. The predicted octanol–water partition coefficient (Wildman–Crippen LogP) is 4.83. The number of hydrogen-bond donors (Lipinski definition) is 0. The van der Waals surface area contributed by atoms with Gasteiger partial charge in [-0.05, 0) is 48.9 Å². The highest BCUT2D eigenvalue weighted by molar-refractivity contribution is 6.06. The second kappa shape index (κ2) is 4.71. The van der Waals surface area contributed by atoms with Crippen molar-refractivity contribution in [2.24, 2.45) is 0 Å². The van der Waals surface area contributed by atoms with E-state index in [1.165, 1.54) is 0 Å².